The van der Waals surface area contributed by atoms with E-state index in [-0.39, 0.29) is 11.8 Å². The summed E-state index contributed by atoms with van der Waals surface area (Å²) in [5.41, 5.74) is 1.50. The molecule has 1 atom stereocenters. The Kier molecular flexibility index (Phi) is 4.73. The van der Waals surface area contributed by atoms with Crippen LogP contribution in [0.4, 0.5) is 10.1 Å². The average Bonchev–Trinajstić information content (AvgIpc) is 2.42. The molecule has 0 aromatic heterocycles. The second-order valence-electron chi connectivity index (χ2n) is 4.36. The Labute approximate surface area is 127 Å². The van der Waals surface area contributed by atoms with E-state index in [4.69, 9.17) is 27.9 Å². The molecule has 2 nitrogen and oxygen atoms in total. The van der Waals surface area contributed by atoms with E-state index in [1.54, 1.807) is 18.2 Å². The van der Waals surface area contributed by atoms with Crippen LogP contribution in [0.25, 0.3) is 0 Å². The van der Waals surface area contributed by atoms with Crippen LogP contribution in [0.1, 0.15) is 18.5 Å². The molecular weight excluding hydrogens is 300 g/mol. The maximum Gasteiger partial charge on any atom is 0.167 e. The summed E-state index contributed by atoms with van der Waals surface area (Å²) in [6, 6.07) is 10.0. The Morgan fingerprint density at radius 1 is 1.20 bits per heavy atom. The third-order valence-corrected chi connectivity index (χ3v) is 3.82. The zero-order valence-electron chi connectivity index (χ0n) is 11.1. The van der Waals surface area contributed by atoms with Crippen LogP contribution in [0.15, 0.2) is 36.4 Å². The normalized spacial score (nSPS) is 12.1. The van der Waals surface area contributed by atoms with Crippen molar-refractivity contribution in [1.82, 2.24) is 0 Å². The van der Waals surface area contributed by atoms with Gasteiger partial charge >= 0.3 is 0 Å². The minimum absolute atomic E-state index is 0.103. The lowest BCUT2D eigenvalue weighted by Gasteiger charge is -2.18. The van der Waals surface area contributed by atoms with Gasteiger partial charge in [0.2, 0.25) is 0 Å². The van der Waals surface area contributed by atoms with Gasteiger partial charge < -0.3 is 10.1 Å². The van der Waals surface area contributed by atoms with Gasteiger partial charge in [-0.2, -0.15) is 0 Å². The highest BCUT2D eigenvalue weighted by Crippen LogP contribution is 2.32. The van der Waals surface area contributed by atoms with Gasteiger partial charge in [0.1, 0.15) is 0 Å². The van der Waals surface area contributed by atoms with Gasteiger partial charge in [0.25, 0.3) is 0 Å². The van der Waals surface area contributed by atoms with Crippen LogP contribution in [-0.2, 0) is 0 Å². The number of nitrogens with one attached hydrogen (secondary N) is 1. The number of methoxy groups -OCH3 is 1. The molecule has 20 heavy (non-hydrogen) atoms. The highest BCUT2D eigenvalue weighted by Gasteiger charge is 2.12. The fourth-order valence-electron chi connectivity index (χ4n) is 1.94. The van der Waals surface area contributed by atoms with E-state index in [1.165, 1.54) is 13.2 Å². The maximum atomic E-state index is 13.6. The number of ether oxygens (including phenoxy) is 1. The predicted molar refractivity (Wildman–Crippen MR) is 81.5 cm³/mol. The SMILES string of the molecule is COc1ccc(NC(C)c2cccc(Cl)c2Cl)cc1F. The number of anilines is 1. The smallest absolute Gasteiger partial charge is 0.167 e. The Bertz CT molecular complexity index is 619. The third kappa shape index (κ3) is 3.17. The third-order valence-electron chi connectivity index (χ3n) is 2.98. The molecule has 1 N–H and O–H groups in total. The second-order valence-corrected chi connectivity index (χ2v) is 5.14. The molecular formula is C15H14Cl2FNO. The summed E-state index contributed by atoms with van der Waals surface area (Å²) in [6.07, 6.45) is 0. The van der Waals surface area contributed by atoms with Crippen LogP contribution >= 0.6 is 23.2 Å². The van der Waals surface area contributed by atoms with E-state index in [9.17, 15) is 4.39 Å². The summed E-state index contributed by atoms with van der Waals surface area (Å²) in [7, 11) is 1.43. The van der Waals surface area contributed by atoms with Crippen LogP contribution in [0.3, 0.4) is 0 Å². The number of benzene rings is 2. The van der Waals surface area contributed by atoms with E-state index in [0.29, 0.717) is 15.7 Å². The summed E-state index contributed by atoms with van der Waals surface area (Å²) in [5, 5.41) is 4.18. The van der Waals surface area contributed by atoms with Crippen molar-refractivity contribution in [2.75, 3.05) is 12.4 Å². The van der Waals surface area contributed by atoms with Crippen LogP contribution in [-0.4, -0.2) is 7.11 Å². The number of rotatable bonds is 4. The van der Waals surface area contributed by atoms with Gasteiger partial charge in [0.05, 0.1) is 23.2 Å². The lowest BCUT2D eigenvalue weighted by Crippen LogP contribution is -2.07. The fourth-order valence-corrected chi connectivity index (χ4v) is 2.41. The topological polar surface area (TPSA) is 21.3 Å². The standard InChI is InChI=1S/C15H14Cl2FNO/c1-9(11-4-3-5-12(16)15(11)17)19-10-6-7-14(20-2)13(18)8-10/h3-9,19H,1-2H3. The van der Waals surface area contributed by atoms with Gasteiger partial charge in [-0.25, -0.2) is 4.39 Å². The number of hydrogen-bond acceptors (Lipinski definition) is 2. The molecule has 0 spiro atoms. The molecule has 0 saturated carbocycles. The van der Waals surface area contributed by atoms with Crippen LogP contribution in [0.5, 0.6) is 5.75 Å². The van der Waals surface area contributed by atoms with E-state index >= 15 is 0 Å². The zero-order valence-corrected chi connectivity index (χ0v) is 12.6. The molecule has 2 rings (SSSR count). The summed E-state index contributed by atoms with van der Waals surface area (Å²) in [5.74, 6) is -0.203. The molecule has 5 heteroatoms. The molecule has 0 aliphatic carbocycles. The molecule has 0 aliphatic rings. The molecule has 2 aromatic rings. The van der Waals surface area contributed by atoms with E-state index in [2.05, 4.69) is 5.32 Å². The Morgan fingerprint density at radius 2 is 1.95 bits per heavy atom. The van der Waals surface area contributed by atoms with Crippen molar-refractivity contribution in [2.45, 2.75) is 13.0 Å². The highest BCUT2D eigenvalue weighted by atomic mass is 35.5. The van der Waals surface area contributed by atoms with Crippen molar-refractivity contribution in [3.63, 3.8) is 0 Å². The van der Waals surface area contributed by atoms with Gasteiger partial charge in [-0.3, -0.25) is 0 Å². The first-order chi connectivity index (χ1) is 9.52. The Morgan fingerprint density at radius 3 is 2.60 bits per heavy atom. The van der Waals surface area contributed by atoms with Crippen molar-refractivity contribution >= 4 is 28.9 Å². The Balaban J connectivity index is 2.21. The minimum Gasteiger partial charge on any atom is -0.494 e. The molecule has 0 fully saturated rings. The van der Waals surface area contributed by atoms with Gasteiger partial charge in [-0.15, -0.1) is 0 Å². The second kappa shape index (κ2) is 6.33. The largest absolute Gasteiger partial charge is 0.494 e. The molecule has 0 heterocycles. The van der Waals surface area contributed by atoms with E-state index < -0.39 is 5.82 Å². The van der Waals surface area contributed by atoms with Crippen LogP contribution < -0.4 is 10.1 Å². The first kappa shape index (κ1) is 14.9. The number of hydrogen-bond donors (Lipinski definition) is 1. The molecule has 106 valence electrons. The molecule has 0 aliphatic heterocycles. The Hall–Kier alpha value is -1.45. The molecule has 2 aromatic carbocycles. The van der Waals surface area contributed by atoms with E-state index in [1.807, 2.05) is 19.1 Å². The zero-order chi connectivity index (χ0) is 14.7. The first-order valence-electron chi connectivity index (χ1n) is 6.07. The summed E-state index contributed by atoms with van der Waals surface area (Å²) < 4.78 is 18.5. The molecule has 0 saturated heterocycles. The molecule has 0 bridgehead atoms. The molecule has 1 unspecified atom stereocenters. The predicted octanol–water partition coefficient (Wildman–Crippen LogP) is 5.31. The highest BCUT2D eigenvalue weighted by molar-refractivity contribution is 6.42. The minimum atomic E-state index is -0.415. The van der Waals surface area contributed by atoms with Gasteiger partial charge in [-0.1, -0.05) is 35.3 Å². The van der Waals surface area contributed by atoms with Crippen molar-refractivity contribution in [3.05, 3.63) is 57.8 Å². The van der Waals surface area contributed by atoms with Crippen molar-refractivity contribution in [1.29, 1.82) is 0 Å². The van der Waals surface area contributed by atoms with Crippen molar-refractivity contribution < 1.29 is 9.13 Å². The maximum absolute atomic E-state index is 13.6. The van der Waals surface area contributed by atoms with Crippen molar-refractivity contribution in [2.24, 2.45) is 0 Å². The fraction of sp³-hybridized carbons (Fsp3) is 0.200. The molecule has 0 amide bonds. The van der Waals surface area contributed by atoms with Crippen LogP contribution in [0, 0.1) is 5.82 Å². The summed E-state index contributed by atoms with van der Waals surface area (Å²) >= 11 is 12.2. The lowest BCUT2D eigenvalue weighted by atomic mass is 10.1. The van der Waals surface area contributed by atoms with E-state index in [0.717, 1.165) is 5.56 Å². The first-order valence-corrected chi connectivity index (χ1v) is 6.82. The monoisotopic (exact) mass is 313 g/mol. The van der Waals surface area contributed by atoms with Crippen LogP contribution in [0.2, 0.25) is 10.0 Å². The average molecular weight is 314 g/mol. The molecule has 0 radical (unpaired) electrons. The summed E-state index contributed by atoms with van der Waals surface area (Å²) in [6.45, 7) is 1.93. The quantitative estimate of drug-likeness (QED) is 0.825. The summed E-state index contributed by atoms with van der Waals surface area (Å²) in [4.78, 5) is 0. The van der Waals surface area contributed by atoms with Gasteiger partial charge in [-0.05, 0) is 30.7 Å². The lowest BCUT2D eigenvalue weighted by molar-refractivity contribution is 0.386. The number of halogens is 3. The van der Waals surface area contributed by atoms with Crippen molar-refractivity contribution in [3.8, 4) is 5.75 Å². The van der Waals surface area contributed by atoms with Gasteiger partial charge in [0.15, 0.2) is 11.6 Å². The van der Waals surface area contributed by atoms with Gasteiger partial charge in [0, 0.05) is 11.8 Å².